The van der Waals surface area contributed by atoms with Gasteiger partial charge in [0.15, 0.2) is 5.96 Å². The largest absolute Gasteiger partial charge is 0.376 e. The predicted octanol–water partition coefficient (Wildman–Crippen LogP) is 1.65. The second-order valence-electron chi connectivity index (χ2n) is 7.31. The van der Waals surface area contributed by atoms with E-state index in [-0.39, 0.29) is 12.2 Å². The van der Waals surface area contributed by atoms with Crippen LogP contribution in [0, 0.1) is 0 Å². The van der Waals surface area contributed by atoms with Crippen LogP contribution in [-0.4, -0.2) is 77.9 Å². The molecule has 2 saturated heterocycles. The molecule has 0 amide bonds. The Balaban J connectivity index is 1.33. The van der Waals surface area contributed by atoms with Crippen LogP contribution in [0.5, 0.6) is 0 Å². The van der Waals surface area contributed by atoms with Gasteiger partial charge in [0.2, 0.25) is 10.0 Å². The fraction of sp³-hybridized carbons (Fsp3) is 0.737. The fourth-order valence-electron chi connectivity index (χ4n) is 3.60. The number of nitrogens with one attached hydrogen (secondary N) is 2. The zero-order valence-corrected chi connectivity index (χ0v) is 18.6. The minimum Gasteiger partial charge on any atom is -0.376 e. The van der Waals surface area contributed by atoms with Gasteiger partial charge in [-0.3, -0.25) is 4.99 Å². The summed E-state index contributed by atoms with van der Waals surface area (Å²) in [6.07, 6.45) is 5.94. The van der Waals surface area contributed by atoms with E-state index in [1.165, 1.54) is 17.8 Å². The van der Waals surface area contributed by atoms with Crippen molar-refractivity contribution in [3.63, 3.8) is 0 Å². The first-order chi connectivity index (χ1) is 14.1. The van der Waals surface area contributed by atoms with Gasteiger partial charge in [0.25, 0.3) is 0 Å². The van der Waals surface area contributed by atoms with E-state index in [1.54, 1.807) is 24.6 Å². The summed E-state index contributed by atoms with van der Waals surface area (Å²) in [6.45, 7) is 4.08. The van der Waals surface area contributed by atoms with E-state index in [0.29, 0.717) is 23.9 Å². The average molecular weight is 445 g/mol. The molecule has 1 atom stereocenters. The van der Waals surface area contributed by atoms with Crippen LogP contribution in [0.2, 0.25) is 0 Å². The van der Waals surface area contributed by atoms with E-state index >= 15 is 0 Å². The third-order valence-corrected chi connectivity index (χ3v) is 8.06. The van der Waals surface area contributed by atoms with Gasteiger partial charge in [-0.2, -0.15) is 0 Å². The van der Waals surface area contributed by atoms with Crippen LogP contribution in [0.3, 0.4) is 0 Å². The van der Waals surface area contributed by atoms with Crippen molar-refractivity contribution < 1.29 is 17.9 Å². The second-order valence-corrected chi connectivity index (χ2v) is 10.3. The molecule has 1 aromatic rings. The monoisotopic (exact) mass is 444 g/mol. The lowest BCUT2D eigenvalue weighted by Gasteiger charge is -2.35. The summed E-state index contributed by atoms with van der Waals surface area (Å²) in [4.78, 5) is 6.53. The summed E-state index contributed by atoms with van der Waals surface area (Å²) in [5.41, 5.74) is 0. The molecule has 2 aliphatic rings. The Labute approximate surface area is 177 Å². The number of ether oxygens (including phenoxy) is 2. The van der Waals surface area contributed by atoms with Crippen LogP contribution in [0.1, 0.15) is 32.1 Å². The summed E-state index contributed by atoms with van der Waals surface area (Å²) < 4.78 is 39.0. The molecule has 0 aromatic carbocycles. The molecule has 0 radical (unpaired) electrons. The van der Waals surface area contributed by atoms with E-state index in [2.05, 4.69) is 19.9 Å². The second kappa shape index (κ2) is 11.3. The fourth-order valence-corrected chi connectivity index (χ4v) is 5.67. The van der Waals surface area contributed by atoms with Crippen molar-refractivity contribution in [3.8, 4) is 0 Å². The van der Waals surface area contributed by atoms with Gasteiger partial charge in [0, 0.05) is 39.8 Å². The Kier molecular flexibility index (Phi) is 8.73. The normalized spacial score (nSPS) is 22.0. The number of aliphatic imine (C=N–C) groups is 1. The molecular formula is C19H32N4O4S2. The van der Waals surface area contributed by atoms with Gasteiger partial charge in [-0.25, -0.2) is 13.1 Å². The van der Waals surface area contributed by atoms with Gasteiger partial charge >= 0.3 is 0 Å². The Morgan fingerprint density at radius 3 is 2.79 bits per heavy atom. The van der Waals surface area contributed by atoms with Crippen molar-refractivity contribution in [1.82, 2.24) is 14.9 Å². The summed E-state index contributed by atoms with van der Waals surface area (Å²) in [5.74, 6) is 0.800. The Hall–Kier alpha value is -1.20. The first-order valence-corrected chi connectivity index (χ1v) is 12.7. The lowest BCUT2D eigenvalue weighted by molar-refractivity contribution is -0.0721. The standard InChI is InChI=1S/C19H32N4O4S2/c1-20-19(21-9-10-22-29(24,25)18-6-4-14-28-18)23-11-7-16(8-12-23)27-15-17-5-2-3-13-26-17/h4,6,14,16-17,22H,2-3,5,7-13,15H2,1H3,(H,20,21). The molecule has 3 heterocycles. The van der Waals surface area contributed by atoms with E-state index in [4.69, 9.17) is 9.47 Å². The molecule has 1 aromatic heterocycles. The SMILES string of the molecule is CN=C(NCCNS(=O)(=O)c1cccs1)N1CCC(OCC2CCCCO2)CC1. The Morgan fingerprint density at radius 1 is 1.31 bits per heavy atom. The highest BCUT2D eigenvalue weighted by molar-refractivity contribution is 7.91. The van der Waals surface area contributed by atoms with Crippen LogP contribution in [-0.2, 0) is 19.5 Å². The number of sulfonamides is 1. The lowest BCUT2D eigenvalue weighted by atomic mass is 10.1. The topological polar surface area (TPSA) is 92.3 Å². The number of hydrogen-bond acceptors (Lipinski definition) is 6. The predicted molar refractivity (Wildman–Crippen MR) is 115 cm³/mol. The van der Waals surface area contributed by atoms with Crippen molar-refractivity contribution in [1.29, 1.82) is 0 Å². The number of piperidine rings is 1. The molecule has 0 bridgehead atoms. The smallest absolute Gasteiger partial charge is 0.250 e. The van der Waals surface area contributed by atoms with E-state index in [0.717, 1.165) is 51.3 Å². The Morgan fingerprint density at radius 2 is 2.14 bits per heavy atom. The van der Waals surface area contributed by atoms with Crippen LogP contribution < -0.4 is 10.0 Å². The molecule has 164 valence electrons. The molecule has 0 saturated carbocycles. The minimum atomic E-state index is -3.42. The number of thiophene rings is 1. The maximum Gasteiger partial charge on any atom is 0.250 e. The van der Waals surface area contributed by atoms with E-state index < -0.39 is 10.0 Å². The zero-order chi connectivity index (χ0) is 20.5. The summed E-state index contributed by atoms with van der Waals surface area (Å²) in [6, 6.07) is 3.33. The lowest BCUT2D eigenvalue weighted by Crippen LogP contribution is -2.48. The molecule has 8 nitrogen and oxygen atoms in total. The van der Waals surface area contributed by atoms with Crippen LogP contribution in [0.15, 0.2) is 26.7 Å². The molecule has 2 N–H and O–H groups in total. The molecule has 0 spiro atoms. The molecule has 29 heavy (non-hydrogen) atoms. The van der Waals surface area contributed by atoms with Crippen molar-refractivity contribution in [2.75, 3.05) is 46.4 Å². The molecular weight excluding hydrogens is 412 g/mol. The highest BCUT2D eigenvalue weighted by Crippen LogP contribution is 2.18. The van der Waals surface area contributed by atoms with Crippen molar-refractivity contribution in [3.05, 3.63) is 17.5 Å². The molecule has 10 heteroatoms. The van der Waals surface area contributed by atoms with E-state index in [9.17, 15) is 8.42 Å². The van der Waals surface area contributed by atoms with E-state index in [1.807, 2.05) is 0 Å². The van der Waals surface area contributed by atoms with Crippen molar-refractivity contribution in [2.45, 2.75) is 48.5 Å². The van der Waals surface area contributed by atoms with Crippen LogP contribution in [0.25, 0.3) is 0 Å². The van der Waals surface area contributed by atoms with Gasteiger partial charge < -0.3 is 19.7 Å². The maximum atomic E-state index is 12.1. The van der Waals surface area contributed by atoms with Crippen LogP contribution in [0.4, 0.5) is 0 Å². The zero-order valence-electron chi connectivity index (χ0n) is 17.0. The number of hydrogen-bond donors (Lipinski definition) is 2. The number of likely N-dealkylation sites (tertiary alicyclic amines) is 1. The third kappa shape index (κ3) is 6.92. The third-order valence-electron chi connectivity index (χ3n) is 5.21. The van der Waals surface area contributed by atoms with Gasteiger partial charge in [0.1, 0.15) is 4.21 Å². The average Bonchev–Trinajstić information content (AvgIpc) is 3.30. The van der Waals surface area contributed by atoms with Crippen LogP contribution >= 0.6 is 11.3 Å². The first kappa shape index (κ1) is 22.5. The van der Waals surface area contributed by atoms with Gasteiger partial charge in [0.05, 0.1) is 18.8 Å². The number of guanidine groups is 1. The Bertz CT molecular complexity index is 725. The molecule has 2 aliphatic heterocycles. The first-order valence-electron chi connectivity index (χ1n) is 10.3. The van der Waals surface area contributed by atoms with Crippen molar-refractivity contribution in [2.24, 2.45) is 4.99 Å². The van der Waals surface area contributed by atoms with Gasteiger partial charge in [-0.15, -0.1) is 11.3 Å². The molecule has 0 aliphatic carbocycles. The summed E-state index contributed by atoms with van der Waals surface area (Å²) >= 11 is 1.21. The molecule has 1 unspecified atom stereocenters. The maximum absolute atomic E-state index is 12.1. The summed E-state index contributed by atoms with van der Waals surface area (Å²) in [5, 5.41) is 5.00. The summed E-state index contributed by atoms with van der Waals surface area (Å²) in [7, 11) is -1.67. The number of nitrogens with zero attached hydrogens (tertiary/aromatic N) is 2. The highest BCUT2D eigenvalue weighted by atomic mass is 32.2. The minimum absolute atomic E-state index is 0.258. The molecule has 3 rings (SSSR count). The van der Waals surface area contributed by atoms with Gasteiger partial charge in [-0.1, -0.05) is 6.07 Å². The highest BCUT2D eigenvalue weighted by Gasteiger charge is 2.24. The quantitative estimate of drug-likeness (QED) is 0.360. The number of rotatable bonds is 8. The van der Waals surface area contributed by atoms with Gasteiger partial charge in [-0.05, 0) is 43.6 Å². The molecule has 2 fully saturated rings. The van der Waals surface area contributed by atoms with Crippen molar-refractivity contribution >= 4 is 27.3 Å².